The molecule has 6 aromatic rings. The molecule has 0 saturated heterocycles. The number of hydrogen-bond acceptors (Lipinski definition) is 37. The van der Waals surface area contributed by atoms with Gasteiger partial charge in [-0.3, -0.25) is 76.7 Å². The van der Waals surface area contributed by atoms with Gasteiger partial charge in [0.1, 0.15) is 23.0 Å². The van der Waals surface area contributed by atoms with Crippen LogP contribution in [0.2, 0.25) is 0 Å². The SMILES string of the molecule is CC(=O)Oc1cc(OC(C)=O)c(Oc2cc(OC(C)=O)c(Oc3cc(OC(C)=O)c(OC(C)=O)c(OC(C)=O)c3Oc3cc(OC(C)=O)c(Oc4cc(OC(C)=O)c(OC(C)=O)c(OC(C)=O)c4Oc4cc(OC(C)=O)c(OC(C)=O)c(OC(C)=O)c4)c(OC(C)=O)c3)c(OC(C)=O)c2)c(OC(C)=O)c1. The molecule has 0 amide bonds. The predicted octanol–water partition coefficient (Wildman–Crippen LogP) is 9.45. The minimum Gasteiger partial charge on any atom is -0.449 e. The third-order valence-electron chi connectivity index (χ3n) is 11.3. The average Bonchev–Trinajstić information content (AvgIpc) is 0.768. The van der Waals surface area contributed by atoms with Crippen LogP contribution in [0.25, 0.3) is 0 Å². The van der Waals surface area contributed by atoms with Gasteiger partial charge in [0.15, 0.2) is 69.0 Å². The average molecular weight is 1470 g/mol. The van der Waals surface area contributed by atoms with E-state index in [1.54, 1.807) is 0 Å². The van der Waals surface area contributed by atoms with Crippen molar-refractivity contribution in [1.82, 2.24) is 0 Å². The Kier molecular flexibility index (Phi) is 26.4. The Hall–Kier alpha value is -14.2. The summed E-state index contributed by atoms with van der Waals surface area (Å²) in [4.78, 5) is 205. The monoisotopic (exact) mass is 1470 g/mol. The highest BCUT2D eigenvalue weighted by Gasteiger charge is 2.36. The standard InChI is InChI=1S/C68H58O37/c1-27(69)85-43-17-49(88-30(4)72)60(50(18-43)89-31(5)73)101-44-19-51(90-32(6)74)61(52(20-44)91-33(7)75)104-58-26-56(95-37(11)79)64(98-40(14)82)68(100-42(16)84)66(58)103-46-23-53(92-34(8)76)62(54(24-46)93-35(9)77)105-57-25-55(94-36(10)78)63(97-39(13)81)67(99-41(15)83)65(57)102-45-21-47(86-28(2)70)59(96-38(12)80)48(22-45)87-29(3)71/h17-26H,1-16H3. The van der Waals surface area contributed by atoms with Crippen molar-refractivity contribution in [1.29, 1.82) is 0 Å². The number of carbonyl (C=O) groups excluding carboxylic acids is 16. The molecule has 0 unspecified atom stereocenters. The molecule has 0 radical (unpaired) electrons. The van der Waals surface area contributed by atoms with Gasteiger partial charge < -0.3 is 99.5 Å². The molecule has 552 valence electrons. The van der Waals surface area contributed by atoms with E-state index in [9.17, 15) is 76.7 Å². The van der Waals surface area contributed by atoms with E-state index in [1.807, 2.05) is 0 Å². The number of esters is 16. The second kappa shape index (κ2) is 34.8. The second-order valence-corrected chi connectivity index (χ2v) is 20.7. The summed E-state index contributed by atoms with van der Waals surface area (Å²) in [6.07, 6.45) is 0. The molecule has 0 aliphatic heterocycles. The van der Waals surface area contributed by atoms with E-state index in [1.165, 1.54) is 0 Å². The fraction of sp³-hybridized carbons (Fsp3) is 0.235. The van der Waals surface area contributed by atoms with Crippen molar-refractivity contribution in [2.45, 2.75) is 111 Å². The maximum atomic E-state index is 13.3. The van der Waals surface area contributed by atoms with E-state index < -0.39 is 239 Å². The Morgan fingerprint density at radius 1 is 0.143 bits per heavy atom. The maximum absolute atomic E-state index is 13.3. The zero-order chi connectivity index (χ0) is 78.2. The summed E-state index contributed by atoms with van der Waals surface area (Å²) in [7, 11) is 0. The highest BCUT2D eigenvalue weighted by atomic mass is 16.7. The van der Waals surface area contributed by atoms with E-state index in [0.29, 0.717) is 0 Å². The van der Waals surface area contributed by atoms with Crippen LogP contribution in [0.5, 0.6) is 149 Å². The summed E-state index contributed by atoms with van der Waals surface area (Å²) in [5, 5.41) is 0. The molecule has 0 fully saturated rings. The van der Waals surface area contributed by atoms with Gasteiger partial charge in [-0.25, -0.2) is 0 Å². The van der Waals surface area contributed by atoms with Crippen LogP contribution in [0.4, 0.5) is 0 Å². The Balaban J connectivity index is 1.75. The molecule has 6 rings (SSSR count). The molecule has 105 heavy (non-hydrogen) atoms. The smallest absolute Gasteiger partial charge is 0.308 e. The summed E-state index contributed by atoms with van der Waals surface area (Å²) in [5.74, 6) is -38.4. The van der Waals surface area contributed by atoms with Crippen LogP contribution in [0, 0.1) is 0 Å². The summed E-state index contributed by atoms with van der Waals surface area (Å²) >= 11 is 0. The second-order valence-electron chi connectivity index (χ2n) is 20.7. The summed E-state index contributed by atoms with van der Waals surface area (Å²) in [6, 6.07) is 8.42. The molecular weight excluding hydrogens is 1410 g/mol. The fourth-order valence-electron chi connectivity index (χ4n) is 8.49. The Morgan fingerprint density at radius 3 is 0.524 bits per heavy atom. The normalized spacial score (nSPS) is 10.3. The molecule has 0 bridgehead atoms. The van der Waals surface area contributed by atoms with Crippen LogP contribution >= 0.6 is 0 Å². The van der Waals surface area contributed by atoms with Crippen molar-refractivity contribution in [2.75, 3.05) is 0 Å². The van der Waals surface area contributed by atoms with Crippen LogP contribution in [0.1, 0.15) is 111 Å². The minimum atomic E-state index is -1.27. The van der Waals surface area contributed by atoms with Gasteiger partial charge in [-0.1, -0.05) is 0 Å². The fourth-order valence-corrected chi connectivity index (χ4v) is 8.49. The first-order valence-corrected chi connectivity index (χ1v) is 29.6. The molecule has 37 heteroatoms. The van der Waals surface area contributed by atoms with E-state index in [2.05, 4.69) is 0 Å². The van der Waals surface area contributed by atoms with Crippen LogP contribution in [0.3, 0.4) is 0 Å². The van der Waals surface area contributed by atoms with E-state index >= 15 is 0 Å². The van der Waals surface area contributed by atoms with E-state index in [0.717, 1.165) is 171 Å². The molecule has 0 N–H and O–H groups in total. The molecule has 0 aromatic heterocycles. The number of benzene rings is 6. The zero-order valence-corrected chi connectivity index (χ0v) is 57.9. The van der Waals surface area contributed by atoms with Gasteiger partial charge in [0.2, 0.25) is 57.5 Å². The lowest BCUT2D eigenvalue weighted by Gasteiger charge is -2.23. The predicted molar refractivity (Wildman–Crippen MR) is 340 cm³/mol. The van der Waals surface area contributed by atoms with Crippen LogP contribution in [-0.2, 0) is 76.7 Å². The van der Waals surface area contributed by atoms with Gasteiger partial charge in [-0.15, -0.1) is 0 Å². The summed E-state index contributed by atoms with van der Waals surface area (Å²) in [6.45, 7) is 14.3. The van der Waals surface area contributed by atoms with Gasteiger partial charge in [0, 0.05) is 171 Å². The summed E-state index contributed by atoms with van der Waals surface area (Å²) in [5.41, 5.74) is 0. The van der Waals surface area contributed by atoms with Crippen LogP contribution in [-0.4, -0.2) is 95.5 Å². The summed E-state index contributed by atoms with van der Waals surface area (Å²) < 4.78 is 118. The van der Waals surface area contributed by atoms with Crippen molar-refractivity contribution in [3.8, 4) is 149 Å². The molecule has 0 spiro atoms. The quantitative estimate of drug-likeness (QED) is 0.0360. The molecule has 0 heterocycles. The van der Waals surface area contributed by atoms with E-state index in [-0.39, 0.29) is 5.75 Å². The molecule has 0 atom stereocenters. The Labute approximate surface area is 590 Å². The number of carbonyl (C=O) groups is 16. The lowest BCUT2D eigenvalue weighted by molar-refractivity contribution is -0.135. The van der Waals surface area contributed by atoms with Crippen molar-refractivity contribution in [3.63, 3.8) is 0 Å². The first kappa shape index (κ1) is 79.8. The molecule has 0 aliphatic carbocycles. The first-order chi connectivity index (χ1) is 49.1. The largest absolute Gasteiger partial charge is 0.449 e. The van der Waals surface area contributed by atoms with Gasteiger partial charge in [-0.2, -0.15) is 0 Å². The molecule has 0 aliphatic rings. The lowest BCUT2D eigenvalue weighted by Crippen LogP contribution is -2.13. The minimum absolute atomic E-state index is 0.335. The van der Waals surface area contributed by atoms with Crippen molar-refractivity contribution >= 4 is 95.5 Å². The molecule has 37 nitrogen and oxygen atoms in total. The highest BCUT2D eigenvalue weighted by molar-refractivity contribution is 5.87. The third-order valence-corrected chi connectivity index (χ3v) is 11.3. The number of rotatable bonds is 26. The van der Waals surface area contributed by atoms with Gasteiger partial charge >= 0.3 is 95.5 Å². The van der Waals surface area contributed by atoms with Crippen molar-refractivity contribution < 1.29 is 176 Å². The number of hydrogen-bond donors (Lipinski definition) is 0. The van der Waals surface area contributed by atoms with Crippen molar-refractivity contribution in [3.05, 3.63) is 60.7 Å². The highest BCUT2D eigenvalue weighted by Crippen LogP contribution is 2.60. The van der Waals surface area contributed by atoms with Crippen LogP contribution in [0.15, 0.2) is 60.7 Å². The Morgan fingerprint density at radius 2 is 0.305 bits per heavy atom. The lowest BCUT2D eigenvalue weighted by atomic mass is 10.2. The van der Waals surface area contributed by atoms with E-state index in [4.69, 9.17) is 99.5 Å². The molecule has 0 saturated carbocycles. The Bertz CT molecular complexity index is 4500. The third kappa shape index (κ3) is 22.9. The molecule has 6 aromatic carbocycles. The zero-order valence-electron chi connectivity index (χ0n) is 57.9. The first-order valence-electron chi connectivity index (χ1n) is 29.6. The number of ether oxygens (including phenoxy) is 21. The molecular formula is C68H58O37. The van der Waals surface area contributed by atoms with Gasteiger partial charge in [0.25, 0.3) is 0 Å². The van der Waals surface area contributed by atoms with Crippen LogP contribution < -0.4 is 99.5 Å². The van der Waals surface area contributed by atoms with Crippen molar-refractivity contribution in [2.24, 2.45) is 0 Å². The van der Waals surface area contributed by atoms with Gasteiger partial charge in [0.05, 0.1) is 0 Å². The topological polar surface area (TPSA) is 467 Å². The maximum Gasteiger partial charge on any atom is 0.308 e. The van der Waals surface area contributed by atoms with Gasteiger partial charge in [-0.05, 0) is 0 Å².